The van der Waals surface area contributed by atoms with Gasteiger partial charge in [-0.05, 0) is 24.3 Å². The van der Waals surface area contributed by atoms with Crippen LogP contribution in [-0.2, 0) is 30.0 Å². The smallest absolute Gasteiger partial charge is 0.416 e. The van der Waals surface area contributed by atoms with E-state index in [0.29, 0.717) is 0 Å². The van der Waals surface area contributed by atoms with E-state index in [2.05, 4.69) is 10.2 Å². The first-order chi connectivity index (χ1) is 16.0. The lowest BCUT2D eigenvalue weighted by Crippen LogP contribution is -2.50. The van der Waals surface area contributed by atoms with Crippen molar-refractivity contribution in [1.82, 2.24) is 28.8 Å². The zero-order chi connectivity index (χ0) is 24.5. The third-order valence-corrected chi connectivity index (χ3v) is 7.08. The van der Waals surface area contributed by atoms with Gasteiger partial charge < -0.3 is 9.64 Å². The van der Waals surface area contributed by atoms with E-state index in [-0.39, 0.29) is 55.2 Å². The molecule has 1 aromatic carbocycles. The summed E-state index contributed by atoms with van der Waals surface area (Å²) in [6, 6.07) is 5.93. The summed E-state index contributed by atoms with van der Waals surface area (Å²) in [5.74, 6) is -0.361. The SMILES string of the molecule is Cn1cc(S(=O)(=O)N2CCN(C(=O)c3ccn(COc4cccc(C(F)(F)F)c4)n3)CC2)cn1. The fourth-order valence-corrected chi connectivity index (χ4v) is 4.83. The van der Waals surface area contributed by atoms with Crippen molar-refractivity contribution in [3.05, 3.63) is 60.2 Å². The molecule has 1 amide bonds. The Kier molecular flexibility index (Phi) is 6.36. The van der Waals surface area contributed by atoms with Gasteiger partial charge >= 0.3 is 6.18 Å². The molecule has 0 atom stereocenters. The number of piperazine rings is 1. The maximum absolute atomic E-state index is 12.8. The highest BCUT2D eigenvalue weighted by molar-refractivity contribution is 7.89. The molecule has 10 nitrogen and oxygen atoms in total. The fraction of sp³-hybridized carbons (Fsp3) is 0.350. The molecule has 1 fully saturated rings. The molecule has 2 aromatic heterocycles. The minimum absolute atomic E-state index is 0.0177. The van der Waals surface area contributed by atoms with Crippen LogP contribution >= 0.6 is 0 Å². The number of hydrogen-bond donors (Lipinski definition) is 0. The zero-order valence-corrected chi connectivity index (χ0v) is 18.8. The molecule has 1 aliphatic heterocycles. The number of alkyl halides is 3. The monoisotopic (exact) mass is 498 g/mol. The van der Waals surface area contributed by atoms with Crippen LogP contribution in [0.15, 0.2) is 53.8 Å². The molecular weight excluding hydrogens is 477 g/mol. The maximum Gasteiger partial charge on any atom is 0.416 e. The molecule has 1 saturated heterocycles. The number of amides is 1. The Bertz CT molecular complexity index is 1280. The summed E-state index contributed by atoms with van der Waals surface area (Å²) in [5, 5.41) is 8.01. The third-order valence-electron chi connectivity index (χ3n) is 5.23. The molecule has 0 spiro atoms. The van der Waals surface area contributed by atoms with Crippen molar-refractivity contribution < 1.29 is 31.1 Å². The van der Waals surface area contributed by atoms with Crippen molar-refractivity contribution in [2.24, 2.45) is 7.05 Å². The van der Waals surface area contributed by atoms with E-state index in [1.807, 2.05) is 0 Å². The number of benzene rings is 1. The molecule has 1 aliphatic rings. The molecule has 14 heteroatoms. The van der Waals surface area contributed by atoms with E-state index in [9.17, 15) is 26.4 Å². The van der Waals surface area contributed by atoms with Gasteiger partial charge in [0.1, 0.15) is 10.6 Å². The van der Waals surface area contributed by atoms with E-state index in [4.69, 9.17) is 4.74 Å². The second-order valence-corrected chi connectivity index (χ2v) is 9.52. The second kappa shape index (κ2) is 9.10. The van der Waals surface area contributed by atoms with Crippen LogP contribution in [0.2, 0.25) is 0 Å². The second-order valence-electron chi connectivity index (χ2n) is 7.59. The van der Waals surface area contributed by atoms with E-state index in [1.165, 1.54) is 55.4 Å². The standard InChI is InChI=1S/C20H21F3N6O4S/c1-26-13-17(12-24-26)34(31,32)29-9-7-27(8-10-29)19(30)18-5-6-28(25-18)14-33-16-4-2-3-15(11-16)20(21,22)23/h2-6,11-13H,7-10,14H2,1H3. The van der Waals surface area contributed by atoms with Gasteiger partial charge in [-0.3, -0.25) is 9.48 Å². The van der Waals surface area contributed by atoms with Crippen LogP contribution in [-0.4, -0.2) is 69.3 Å². The van der Waals surface area contributed by atoms with Gasteiger partial charge in [0.05, 0.1) is 11.8 Å². The van der Waals surface area contributed by atoms with Gasteiger partial charge in [0, 0.05) is 45.6 Å². The highest BCUT2D eigenvalue weighted by Crippen LogP contribution is 2.31. The number of sulfonamides is 1. The lowest BCUT2D eigenvalue weighted by molar-refractivity contribution is -0.137. The molecule has 0 saturated carbocycles. The molecule has 34 heavy (non-hydrogen) atoms. The summed E-state index contributed by atoms with van der Waals surface area (Å²) in [7, 11) is -2.07. The van der Waals surface area contributed by atoms with Gasteiger partial charge in [0.2, 0.25) is 10.0 Å². The first-order valence-electron chi connectivity index (χ1n) is 10.2. The first-order valence-corrected chi connectivity index (χ1v) is 11.6. The van der Waals surface area contributed by atoms with Crippen LogP contribution in [0.1, 0.15) is 16.1 Å². The highest BCUT2D eigenvalue weighted by atomic mass is 32.2. The third kappa shape index (κ3) is 5.07. The summed E-state index contributed by atoms with van der Waals surface area (Å²) >= 11 is 0. The van der Waals surface area contributed by atoms with Crippen LogP contribution in [0.25, 0.3) is 0 Å². The number of rotatable bonds is 6. The fourth-order valence-electron chi connectivity index (χ4n) is 3.43. The van der Waals surface area contributed by atoms with Crippen LogP contribution in [0.5, 0.6) is 5.75 Å². The summed E-state index contributed by atoms with van der Waals surface area (Å²) in [6.45, 7) is 0.439. The Morgan fingerprint density at radius 2 is 1.88 bits per heavy atom. The number of nitrogens with zero attached hydrogens (tertiary/aromatic N) is 6. The van der Waals surface area contributed by atoms with E-state index >= 15 is 0 Å². The van der Waals surface area contributed by atoms with Gasteiger partial charge in [-0.25, -0.2) is 13.1 Å². The van der Waals surface area contributed by atoms with Crippen LogP contribution in [0.4, 0.5) is 13.2 Å². The molecule has 3 aromatic rings. The van der Waals surface area contributed by atoms with Crippen molar-refractivity contribution in [3.63, 3.8) is 0 Å². The molecular formula is C20H21F3N6O4S. The topological polar surface area (TPSA) is 103 Å². The average molecular weight is 498 g/mol. The lowest BCUT2D eigenvalue weighted by atomic mass is 10.2. The Morgan fingerprint density at radius 3 is 2.53 bits per heavy atom. The van der Waals surface area contributed by atoms with Gasteiger partial charge in [0.25, 0.3) is 5.91 Å². The molecule has 0 unspecified atom stereocenters. The molecule has 0 bridgehead atoms. The van der Waals surface area contributed by atoms with Gasteiger partial charge in [0.15, 0.2) is 12.4 Å². The van der Waals surface area contributed by atoms with Crippen molar-refractivity contribution >= 4 is 15.9 Å². The van der Waals surface area contributed by atoms with Crippen LogP contribution in [0, 0.1) is 0 Å². The number of hydrogen-bond acceptors (Lipinski definition) is 6. The number of halogens is 3. The molecule has 182 valence electrons. The van der Waals surface area contributed by atoms with E-state index in [1.54, 1.807) is 7.05 Å². The van der Waals surface area contributed by atoms with Crippen molar-refractivity contribution in [3.8, 4) is 5.75 Å². The van der Waals surface area contributed by atoms with Crippen LogP contribution in [0.3, 0.4) is 0 Å². The Morgan fingerprint density at radius 1 is 1.15 bits per heavy atom. The van der Waals surface area contributed by atoms with Crippen LogP contribution < -0.4 is 4.74 Å². The zero-order valence-electron chi connectivity index (χ0n) is 18.0. The van der Waals surface area contributed by atoms with Crippen molar-refractivity contribution in [2.45, 2.75) is 17.8 Å². The summed E-state index contributed by atoms with van der Waals surface area (Å²) < 4.78 is 73.2. The van der Waals surface area contributed by atoms with Crippen molar-refractivity contribution in [2.75, 3.05) is 26.2 Å². The van der Waals surface area contributed by atoms with Crippen molar-refractivity contribution in [1.29, 1.82) is 0 Å². The first kappa shape index (κ1) is 23.8. The Hall–Kier alpha value is -3.39. The van der Waals surface area contributed by atoms with Gasteiger partial charge in [-0.1, -0.05) is 6.07 Å². The molecule has 3 heterocycles. The quantitative estimate of drug-likeness (QED) is 0.514. The molecule has 4 rings (SSSR count). The predicted octanol–water partition coefficient (Wildman–Crippen LogP) is 1.82. The lowest BCUT2D eigenvalue weighted by Gasteiger charge is -2.33. The van der Waals surface area contributed by atoms with Gasteiger partial charge in [-0.2, -0.15) is 27.7 Å². The largest absolute Gasteiger partial charge is 0.471 e. The van der Waals surface area contributed by atoms with E-state index in [0.717, 1.165) is 12.1 Å². The highest BCUT2D eigenvalue weighted by Gasteiger charge is 2.32. The predicted molar refractivity (Wildman–Crippen MR) is 112 cm³/mol. The number of ether oxygens (including phenoxy) is 1. The average Bonchev–Trinajstić information content (AvgIpc) is 3.46. The molecule has 0 radical (unpaired) electrons. The summed E-state index contributed by atoms with van der Waals surface area (Å²) in [6.07, 6.45) is -0.308. The minimum Gasteiger partial charge on any atom is -0.471 e. The summed E-state index contributed by atoms with van der Waals surface area (Å²) in [5.41, 5.74) is -0.706. The number of aryl methyl sites for hydroxylation is 1. The number of carbonyl (C=O) groups excluding carboxylic acids is 1. The van der Waals surface area contributed by atoms with E-state index < -0.39 is 21.8 Å². The number of carbonyl (C=O) groups is 1. The summed E-state index contributed by atoms with van der Waals surface area (Å²) in [4.78, 5) is 14.4. The number of aromatic nitrogens is 4. The minimum atomic E-state index is -4.48. The Balaban J connectivity index is 1.33. The molecule has 0 aliphatic carbocycles. The molecule has 0 N–H and O–H groups in total. The maximum atomic E-state index is 12.8. The van der Waals surface area contributed by atoms with Gasteiger partial charge in [-0.15, -0.1) is 0 Å². The Labute approximate surface area is 193 Å². The normalized spacial score (nSPS) is 15.5.